The Hall–Kier alpha value is -1.91. The zero-order valence-electron chi connectivity index (χ0n) is 10.3. The third kappa shape index (κ3) is 2.43. The molecule has 2 heterocycles. The number of anilines is 1. The average molecular weight is 235 g/mol. The first-order valence-electron chi connectivity index (χ1n) is 5.62. The first-order chi connectivity index (χ1) is 8.24. The molecule has 0 radical (unpaired) electrons. The van der Waals surface area contributed by atoms with Gasteiger partial charge in [-0.15, -0.1) is 0 Å². The number of furan rings is 1. The van der Waals surface area contributed by atoms with E-state index >= 15 is 0 Å². The van der Waals surface area contributed by atoms with E-state index in [1.807, 2.05) is 25.2 Å². The molecule has 1 unspecified atom stereocenters. The van der Waals surface area contributed by atoms with Crippen LogP contribution in [-0.2, 0) is 7.05 Å². The van der Waals surface area contributed by atoms with Crippen LogP contribution >= 0.6 is 0 Å². The molecule has 0 bridgehead atoms. The minimum atomic E-state index is 0.129. The number of aromatic nitrogens is 2. The molecule has 0 amide bonds. The van der Waals surface area contributed by atoms with Crippen LogP contribution in [0.25, 0.3) is 0 Å². The largest absolute Gasteiger partial charge is 0.481 e. The Balaban J connectivity index is 2.13. The summed E-state index contributed by atoms with van der Waals surface area (Å²) in [5.74, 6) is 2.42. The second-order valence-corrected chi connectivity index (χ2v) is 3.82. The van der Waals surface area contributed by atoms with Crippen molar-refractivity contribution in [2.75, 3.05) is 12.4 Å². The van der Waals surface area contributed by atoms with Crippen molar-refractivity contribution in [1.82, 2.24) is 9.78 Å². The van der Waals surface area contributed by atoms with Crippen LogP contribution < -0.4 is 10.1 Å². The van der Waals surface area contributed by atoms with Gasteiger partial charge < -0.3 is 14.5 Å². The number of ether oxygens (including phenoxy) is 1. The second kappa shape index (κ2) is 4.95. The number of methoxy groups -OCH3 is 1. The lowest BCUT2D eigenvalue weighted by atomic mass is 10.2. The first kappa shape index (κ1) is 11.6. The molecule has 2 rings (SSSR count). The number of rotatable bonds is 5. The molecular weight excluding hydrogens is 218 g/mol. The van der Waals surface area contributed by atoms with E-state index in [1.54, 1.807) is 18.1 Å². The number of nitrogens with one attached hydrogen (secondary N) is 1. The van der Waals surface area contributed by atoms with E-state index in [0.717, 1.165) is 23.9 Å². The Morgan fingerprint density at radius 1 is 1.59 bits per heavy atom. The van der Waals surface area contributed by atoms with E-state index in [9.17, 15) is 0 Å². The van der Waals surface area contributed by atoms with E-state index < -0.39 is 0 Å². The normalized spacial score (nSPS) is 12.4. The van der Waals surface area contributed by atoms with Gasteiger partial charge in [0.05, 0.1) is 19.4 Å². The molecule has 2 aromatic rings. The van der Waals surface area contributed by atoms with Gasteiger partial charge in [0.25, 0.3) is 0 Å². The van der Waals surface area contributed by atoms with E-state index in [0.29, 0.717) is 0 Å². The van der Waals surface area contributed by atoms with Crippen LogP contribution in [-0.4, -0.2) is 16.9 Å². The predicted molar refractivity (Wildman–Crippen MR) is 65.1 cm³/mol. The topological polar surface area (TPSA) is 52.2 Å². The molecule has 0 saturated carbocycles. The summed E-state index contributed by atoms with van der Waals surface area (Å²) in [7, 11) is 3.47. The van der Waals surface area contributed by atoms with E-state index in [-0.39, 0.29) is 6.04 Å². The van der Waals surface area contributed by atoms with Crippen LogP contribution in [0, 0.1) is 0 Å². The van der Waals surface area contributed by atoms with Crippen molar-refractivity contribution >= 4 is 5.82 Å². The molecule has 0 saturated heterocycles. The Bertz CT molecular complexity index is 462. The fraction of sp³-hybridized carbons (Fsp3) is 0.417. The van der Waals surface area contributed by atoms with Gasteiger partial charge in [-0.05, 0) is 18.6 Å². The van der Waals surface area contributed by atoms with Crippen molar-refractivity contribution in [2.24, 2.45) is 7.05 Å². The van der Waals surface area contributed by atoms with Gasteiger partial charge in [0.15, 0.2) is 5.82 Å². The lowest BCUT2D eigenvalue weighted by molar-refractivity contribution is 0.373. The Morgan fingerprint density at radius 3 is 2.94 bits per heavy atom. The zero-order chi connectivity index (χ0) is 12.3. The highest BCUT2D eigenvalue weighted by atomic mass is 16.5. The monoisotopic (exact) mass is 235 g/mol. The quantitative estimate of drug-likeness (QED) is 0.865. The summed E-state index contributed by atoms with van der Waals surface area (Å²) in [4.78, 5) is 0. The maximum atomic E-state index is 5.39. The Kier molecular flexibility index (Phi) is 3.37. The standard InChI is InChI=1S/C12H17N3O2/c1-4-9(10-6-5-7-17-10)13-11-8-12(16-3)15(2)14-11/h5-9H,4H2,1-3H3,(H,13,14). The minimum Gasteiger partial charge on any atom is -0.481 e. The molecule has 2 aromatic heterocycles. The zero-order valence-corrected chi connectivity index (χ0v) is 10.3. The van der Waals surface area contributed by atoms with Gasteiger partial charge in [-0.25, -0.2) is 4.68 Å². The summed E-state index contributed by atoms with van der Waals surface area (Å²) in [5.41, 5.74) is 0. The van der Waals surface area contributed by atoms with Gasteiger partial charge in [0.1, 0.15) is 5.76 Å². The van der Waals surface area contributed by atoms with Crippen LogP contribution in [0.2, 0.25) is 0 Å². The molecule has 5 nitrogen and oxygen atoms in total. The Labute approximate surface area is 100 Å². The van der Waals surface area contributed by atoms with Crippen LogP contribution in [0.5, 0.6) is 5.88 Å². The number of nitrogens with zero attached hydrogens (tertiary/aromatic N) is 2. The highest BCUT2D eigenvalue weighted by molar-refractivity contribution is 5.40. The lowest BCUT2D eigenvalue weighted by Crippen LogP contribution is -2.09. The SMILES string of the molecule is CCC(Nc1cc(OC)n(C)n1)c1ccco1. The van der Waals surface area contributed by atoms with Gasteiger partial charge in [0, 0.05) is 13.1 Å². The number of aryl methyl sites for hydroxylation is 1. The summed E-state index contributed by atoms with van der Waals surface area (Å²) in [6.45, 7) is 2.10. The van der Waals surface area contributed by atoms with Gasteiger partial charge >= 0.3 is 0 Å². The predicted octanol–water partition coefficient (Wildman–Crippen LogP) is 2.58. The molecule has 17 heavy (non-hydrogen) atoms. The summed E-state index contributed by atoms with van der Waals surface area (Å²) < 4.78 is 12.3. The highest BCUT2D eigenvalue weighted by Crippen LogP contribution is 2.24. The third-order valence-corrected chi connectivity index (χ3v) is 2.66. The first-order valence-corrected chi connectivity index (χ1v) is 5.62. The van der Waals surface area contributed by atoms with Gasteiger partial charge in [-0.3, -0.25) is 0 Å². The lowest BCUT2D eigenvalue weighted by Gasteiger charge is -2.13. The summed E-state index contributed by atoms with van der Waals surface area (Å²) in [6.07, 6.45) is 2.60. The number of hydrogen-bond acceptors (Lipinski definition) is 4. The molecule has 0 spiro atoms. The van der Waals surface area contributed by atoms with Crippen LogP contribution in [0.4, 0.5) is 5.82 Å². The molecule has 92 valence electrons. The number of hydrogen-bond donors (Lipinski definition) is 1. The second-order valence-electron chi connectivity index (χ2n) is 3.82. The van der Waals surface area contributed by atoms with Crippen LogP contribution in [0.3, 0.4) is 0 Å². The molecule has 0 aliphatic heterocycles. The maximum absolute atomic E-state index is 5.39. The summed E-state index contributed by atoms with van der Waals surface area (Å²) in [6, 6.07) is 5.84. The van der Waals surface area contributed by atoms with Crippen molar-refractivity contribution in [3.05, 3.63) is 30.2 Å². The van der Waals surface area contributed by atoms with Crippen molar-refractivity contribution in [3.8, 4) is 5.88 Å². The third-order valence-electron chi connectivity index (χ3n) is 2.66. The van der Waals surface area contributed by atoms with E-state index in [1.165, 1.54) is 0 Å². The molecule has 5 heteroatoms. The Morgan fingerprint density at radius 2 is 2.41 bits per heavy atom. The van der Waals surface area contributed by atoms with Crippen molar-refractivity contribution in [3.63, 3.8) is 0 Å². The van der Waals surface area contributed by atoms with Gasteiger partial charge in [0.2, 0.25) is 5.88 Å². The molecule has 0 aliphatic rings. The molecular formula is C12H17N3O2. The molecule has 0 aliphatic carbocycles. The molecule has 1 N–H and O–H groups in total. The fourth-order valence-corrected chi connectivity index (χ4v) is 1.75. The minimum absolute atomic E-state index is 0.129. The smallest absolute Gasteiger partial charge is 0.213 e. The highest BCUT2D eigenvalue weighted by Gasteiger charge is 2.14. The average Bonchev–Trinajstić information content (AvgIpc) is 2.95. The molecule has 0 fully saturated rings. The molecule has 0 aromatic carbocycles. The summed E-state index contributed by atoms with van der Waals surface area (Å²) in [5, 5.41) is 7.64. The maximum Gasteiger partial charge on any atom is 0.213 e. The van der Waals surface area contributed by atoms with Gasteiger partial charge in [-0.2, -0.15) is 5.10 Å². The van der Waals surface area contributed by atoms with Crippen molar-refractivity contribution in [1.29, 1.82) is 0 Å². The van der Waals surface area contributed by atoms with E-state index in [2.05, 4.69) is 17.3 Å². The summed E-state index contributed by atoms with van der Waals surface area (Å²) >= 11 is 0. The molecule has 1 atom stereocenters. The van der Waals surface area contributed by atoms with Gasteiger partial charge in [-0.1, -0.05) is 6.92 Å². The van der Waals surface area contributed by atoms with E-state index in [4.69, 9.17) is 9.15 Å². The van der Waals surface area contributed by atoms with Crippen LogP contribution in [0.15, 0.2) is 28.9 Å². The van der Waals surface area contributed by atoms with Crippen molar-refractivity contribution in [2.45, 2.75) is 19.4 Å². The fourth-order valence-electron chi connectivity index (χ4n) is 1.75. The van der Waals surface area contributed by atoms with Crippen LogP contribution in [0.1, 0.15) is 25.1 Å². The van der Waals surface area contributed by atoms with Crippen molar-refractivity contribution < 1.29 is 9.15 Å².